The first kappa shape index (κ1) is 14.9. The van der Waals surface area contributed by atoms with E-state index in [4.69, 9.17) is 13.9 Å². The number of benzene rings is 2. The van der Waals surface area contributed by atoms with Crippen LogP contribution >= 0.6 is 0 Å². The molecule has 122 valence electrons. The lowest BCUT2D eigenvalue weighted by atomic mass is 10.0. The Kier molecular flexibility index (Phi) is 3.78. The van der Waals surface area contributed by atoms with Crippen LogP contribution in [0, 0.1) is 0 Å². The van der Waals surface area contributed by atoms with Crippen molar-refractivity contribution in [3.63, 3.8) is 0 Å². The number of carbonyl (C=O) groups excluding carboxylic acids is 1. The summed E-state index contributed by atoms with van der Waals surface area (Å²) in [7, 11) is 0. The second-order valence-electron chi connectivity index (χ2n) is 5.86. The fourth-order valence-corrected chi connectivity index (χ4v) is 3.14. The molecule has 0 aliphatic carbocycles. The first-order valence-electron chi connectivity index (χ1n) is 7.95. The molecule has 5 heteroatoms. The number of esters is 1. The topological polar surface area (TPSA) is 65.7 Å². The fourth-order valence-electron chi connectivity index (χ4n) is 3.14. The molecular formula is C19H16O5. The lowest BCUT2D eigenvalue weighted by Gasteiger charge is -2.12. The SMILES string of the molecule is O=C(OCc1cc(=O)oc2ccc3ccccc3c12)[C@H]1CCCO1. The number of rotatable bonds is 3. The van der Waals surface area contributed by atoms with Crippen molar-refractivity contribution in [3.8, 4) is 0 Å². The normalized spacial score (nSPS) is 17.4. The largest absolute Gasteiger partial charge is 0.459 e. The lowest BCUT2D eigenvalue weighted by molar-refractivity contribution is -0.155. The molecule has 5 nitrogen and oxygen atoms in total. The molecular weight excluding hydrogens is 308 g/mol. The minimum absolute atomic E-state index is 0.0226. The first-order chi connectivity index (χ1) is 11.7. The fraction of sp³-hybridized carbons (Fsp3) is 0.263. The second kappa shape index (κ2) is 6.09. The molecule has 1 fully saturated rings. The highest BCUT2D eigenvalue weighted by Gasteiger charge is 2.25. The molecule has 1 saturated heterocycles. The van der Waals surface area contributed by atoms with Crippen LogP contribution in [-0.4, -0.2) is 18.7 Å². The number of ether oxygens (including phenoxy) is 2. The summed E-state index contributed by atoms with van der Waals surface area (Å²) in [5.74, 6) is -0.380. The van der Waals surface area contributed by atoms with E-state index in [1.54, 1.807) is 6.07 Å². The summed E-state index contributed by atoms with van der Waals surface area (Å²) in [6, 6.07) is 12.9. The van der Waals surface area contributed by atoms with E-state index in [9.17, 15) is 9.59 Å². The summed E-state index contributed by atoms with van der Waals surface area (Å²) in [6.45, 7) is 0.608. The van der Waals surface area contributed by atoms with Crippen molar-refractivity contribution in [2.45, 2.75) is 25.6 Å². The molecule has 1 aliphatic rings. The molecule has 2 heterocycles. The van der Waals surface area contributed by atoms with Crippen molar-refractivity contribution in [2.24, 2.45) is 0 Å². The van der Waals surface area contributed by atoms with Gasteiger partial charge in [-0.3, -0.25) is 0 Å². The third kappa shape index (κ3) is 2.67. The average molecular weight is 324 g/mol. The Morgan fingerprint density at radius 1 is 1.21 bits per heavy atom. The summed E-state index contributed by atoms with van der Waals surface area (Å²) < 4.78 is 16.0. The van der Waals surface area contributed by atoms with Gasteiger partial charge in [-0.1, -0.05) is 30.3 Å². The van der Waals surface area contributed by atoms with Crippen molar-refractivity contribution in [3.05, 3.63) is 58.4 Å². The van der Waals surface area contributed by atoms with Gasteiger partial charge in [0.2, 0.25) is 0 Å². The molecule has 4 rings (SSSR count). The zero-order chi connectivity index (χ0) is 16.5. The van der Waals surface area contributed by atoms with E-state index in [2.05, 4.69) is 0 Å². The van der Waals surface area contributed by atoms with Gasteiger partial charge in [0.1, 0.15) is 12.2 Å². The summed E-state index contributed by atoms with van der Waals surface area (Å²) in [6.07, 6.45) is 1.05. The third-order valence-electron chi connectivity index (χ3n) is 4.28. The van der Waals surface area contributed by atoms with Crippen LogP contribution < -0.4 is 5.63 Å². The van der Waals surface area contributed by atoms with Crippen LogP contribution in [-0.2, 0) is 20.9 Å². The maximum absolute atomic E-state index is 12.1. The Morgan fingerprint density at radius 2 is 2.08 bits per heavy atom. The van der Waals surface area contributed by atoms with Crippen molar-refractivity contribution in [2.75, 3.05) is 6.61 Å². The standard InChI is InChI=1S/C19H16O5/c20-17-10-13(11-23-19(21)16-6-3-9-22-16)18-14-5-2-1-4-12(14)7-8-15(18)24-17/h1-2,4-5,7-8,10,16H,3,6,9,11H2/t16-/m1/s1. The zero-order valence-corrected chi connectivity index (χ0v) is 13.0. The molecule has 1 aliphatic heterocycles. The van der Waals surface area contributed by atoms with Crippen LogP contribution in [0.25, 0.3) is 21.7 Å². The Balaban J connectivity index is 1.74. The number of hydrogen-bond acceptors (Lipinski definition) is 5. The van der Waals surface area contributed by atoms with E-state index in [0.717, 1.165) is 22.6 Å². The van der Waals surface area contributed by atoms with Gasteiger partial charge in [-0.15, -0.1) is 0 Å². The zero-order valence-electron chi connectivity index (χ0n) is 13.0. The van der Waals surface area contributed by atoms with Gasteiger partial charge in [0.05, 0.1) is 0 Å². The molecule has 0 amide bonds. The van der Waals surface area contributed by atoms with Gasteiger partial charge in [-0.05, 0) is 29.7 Å². The van der Waals surface area contributed by atoms with E-state index < -0.39 is 11.7 Å². The molecule has 2 aromatic carbocycles. The highest BCUT2D eigenvalue weighted by Crippen LogP contribution is 2.28. The number of fused-ring (bicyclic) bond motifs is 3. The quantitative estimate of drug-likeness (QED) is 0.420. The van der Waals surface area contributed by atoms with Crippen LogP contribution in [0.2, 0.25) is 0 Å². The van der Waals surface area contributed by atoms with Crippen LogP contribution in [0.5, 0.6) is 0 Å². The summed E-state index contributed by atoms with van der Waals surface area (Å²) in [5, 5.41) is 2.79. The van der Waals surface area contributed by atoms with Gasteiger partial charge in [0, 0.05) is 23.6 Å². The Labute approximate surface area is 137 Å². The van der Waals surface area contributed by atoms with Gasteiger partial charge in [-0.25, -0.2) is 9.59 Å². The first-order valence-corrected chi connectivity index (χ1v) is 7.95. The van der Waals surface area contributed by atoms with Crippen molar-refractivity contribution < 1.29 is 18.7 Å². The molecule has 0 unspecified atom stereocenters. The molecule has 3 aromatic rings. The van der Waals surface area contributed by atoms with E-state index >= 15 is 0 Å². The van der Waals surface area contributed by atoms with Crippen molar-refractivity contribution >= 4 is 27.7 Å². The second-order valence-corrected chi connectivity index (χ2v) is 5.86. The Bertz CT molecular complexity index is 966. The van der Waals surface area contributed by atoms with Crippen molar-refractivity contribution in [1.82, 2.24) is 0 Å². The van der Waals surface area contributed by atoms with Crippen molar-refractivity contribution in [1.29, 1.82) is 0 Å². The number of carbonyl (C=O) groups is 1. The highest BCUT2D eigenvalue weighted by molar-refractivity contribution is 6.07. The predicted octanol–water partition coefficient (Wildman–Crippen LogP) is 3.17. The van der Waals surface area contributed by atoms with Gasteiger partial charge in [0.25, 0.3) is 0 Å². The highest BCUT2D eigenvalue weighted by atomic mass is 16.6. The molecule has 0 radical (unpaired) electrons. The maximum atomic E-state index is 12.1. The minimum Gasteiger partial charge on any atom is -0.459 e. The van der Waals surface area contributed by atoms with E-state index in [1.807, 2.05) is 30.3 Å². The van der Waals surface area contributed by atoms with Crippen LogP contribution in [0.1, 0.15) is 18.4 Å². The molecule has 0 N–H and O–H groups in total. The van der Waals surface area contributed by atoms with E-state index in [-0.39, 0.29) is 12.6 Å². The van der Waals surface area contributed by atoms with E-state index in [1.165, 1.54) is 6.07 Å². The van der Waals surface area contributed by atoms with Gasteiger partial charge in [-0.2, -0.15) is 0 Å². The smallest absolute Gasteiger partial charge is 0.336 e. The summed E-state index contributed by atoms with van der Waals surface area (Å²) >= 11 is 0. The molecule has 0 bridgehead atoms. The minimum atomic E-state index is -0.492. The Morgan fingerprint density at radius 3 is 2.92 bits per heavy atom. The molecule has 0 spiro atoms. The van der Waals surface area contributed by atoms with Gasteiger partial charge < -0.3 is 13.9 Å². The van der Waals surface area contributed by atoms with Gasteiger partial charge in [0.15, 0.2) is 6.10 Å². The predicted molar refractivity (Wildman–Crippen MR) is 88.8 cm³/mol. The average Bonchev–Trinajstić information content (AvgIpc) is 3.13. The molecule has 24 heavy (non-hydrogen) atoms. The maximum Gasteiger partial charge on any atom is 0.336 e. The van der Waals surface area contributed by atoms with Crippen LogP contribution in [0.3, 0.4) is 0 Å². The van der Waals surface area contributed by atoms with Crippen LogP contribution in [0.15, 0.2) is 51.7 Å². The van der Waals surface area contributed by atoms with Crippen LogP contribution in [0.4, 0.5) is 0 Å². The van der Waals surface area contributed by atoms with Gasteiger partial charge >= 0.3 is 11.6 Å². The number of hydrogen-bond donors (Lipinski definition) is 0. The molecule has 0 saturated carbocycles. The third-order valence-corrected chi connectivity index (χ3v) is 4.28. The Hall–Kier alpha value is -2.66. The lowest BCUT2D eigenvalue weighted by Crippen LogP contribution is -2.22. The monoisotopic (exact) mass is 324 g/mol. The summed E-state index contributed by atoms with van der Waals surface area (Å²) in [4.78, 5) is 23.9. The van der Waals surface area contributed by atoms with E-state index in [0.29, 0.717) is 24.2 Å². The summed E-state index contributed by atoms with van der Waals surface area (Å²) in [5.41, 5.74) is 0.676. The molecule has 1 aromatic heterocycles. The molecule has 1 atom stereocenters.